The Bertz CT molecular complexity index is 548. The largest absolute Gasteiger partial charge is 0.444 e. The summed E-state index contributed by atoms with van der Waals surface area (Å²) < 4.78 is 5.26. The van der Waals surface area contributed by atoms with Gasteiger partial charge in [-0.3, -0.25) is 5.32 Å². The molecule has 1 aliphatic rings. The van der Waals surface area contributed by atoms with Crippen molar-refractivity contribution < 1.29 is 9.53 Å². The fourth-order valence-corrected chi connectivity index (χ4v) is 3.39. The Morgan fingerprint density at radius 2 is 1.84 bits per heavy atom. The van der Waals surface area contributed by atoms with Crippen LogP contribution in [0.4, 0.5) is 10.5 Å². The summed E-state index contributed by atoms with van der Waals surface area (Å²) in [6, 6.07) is 8.66. The van der Waals surface area contributed by atoms with Crippen LogP contribution in [0.25, 0.3) is 0 Å². The summed E-state index contributed by atoms with van der Waals surface area (Å²) in [7, 11) is 0. The molecule has 25 heavy (non-hydrogen) atoms. The molecule has 4 nitrogen and oxygen atoms in total. The molecule has 0 radical (unpaired) electrons. The monoisotopic (exact) mass is 346 g/mol. The summed E-state index contributed by atoms with van der Waals surface area (Å²) in [4.78, 5) is 11.8. The topological polar surface area (TPSA) is 50.4 Å². The van der Waals surface area contributed by atoms with Crippen molar-refractivity contribution in [3.05, 3.63) is 29.8 Å². The van der Waals surface area contributed by atoms with Gasteiger partial charge in [0.25, 0.3) is 0 Å². The van der Waals surface area contributed by atoms with Crippen LogP contribution in [0, 0.1) is 11.8 Å². The van der Waals surface area contributed by atoms with Gasteiger partial charge in [-0.05, 0) is 76.1 Å². The quantitative estimate of drug-likeness (QED) is 0.789. The molecule has 1 aliphatic carbocycles. The number of ether oxygens (including phenoxy) is 1. The molecule has 1 aromatic rings. The SMILES string of the molecule is CC1CCC(C)C(NCCc2ccc(NC(=O)OC(C)(C)C)cc2)C1. The van der Waals surface area contributed by atoms with E-state index in [1.807, 2.05) is 32.9 Å². The second kappa shape index (κ2) is 8.70. The van der Waals surface area contributed by atoms with Crippen molar-refractivity contribution in [3.8, 4) is 0 Å². The molecule has 1 fully saturated rings. The molecular formula is C21H34N2O2. The van der Waals surface area contributed by atoms with Gasteiger partial charge >= 0.3 is 6.09 Å². The Balaban J connectivity index is 1.75. The van der Waals surface area contributed by atoms with Gasteiger partial charge in [0.1, 0.15) is 5.60 Å². The maximum atomic E-state index is 11.8. The molecule has 3 unspecified atom stereocenters. The van der Waals surface area contributed by atoms with Crippen LogP contribution in [0.1, 0.15) is 59.4 Å². The Morgan fingerprint density at radius 3 is 2.48 bits per heavy atom. The van der Waals surface area contributed by atoms with Gasteiger partial charge in [-0.15, -0.1) is 0 Å². The lowest BCUT2D eigenvalue weighted by atomic mass is 9.80. The van der Waals surface area contributed by atoms with E-state index in [0.717, 1.165) is 30.5 Å². The molecule has 3 atom stereocenters. The van der Waals surface area contributed by atoms with Crippen molar-refractivity contribution in [2.75, 3.05) is 11.9 Å². The minimum atomic E-state index is -0.483. The third kappa shape index (κ3) is 7.07. The number of benzene rings is 1. The van der Waals surface area contributed by atoms with Crippen LogP contribution < -0.4 is 10.6 Å². The first-order valence-corrected chi connectivity index (χ1v) is 9.55. The molecular weight excluding hydrogens is 312 g/mol. The maximum absolute atomic E-state index is 11.8. The van der Waals surface area contributed by atoms with Crippen molar-refractivity contribution in [2.24, 2.45) is 11.8 Å². The molecule has 0 spiro atoms. The Hall–Kier alpha value is -1.55. The van der Waals surface area contributed by atoms with Crippen molar-refractivity contribution >= 4 is 11.8 Å². The second-order valence-electron chi connectivity index (χ2n) is 8.53. The molecule has 140 valence electrons. The molecule has 0 aromatic heterocycles. The number of amides is 1. The number of carbonyl (C=O) groups is 1. The molecule has 0 heterocycles. The Kier molecular flexibility index (Phi) is 6.88. The fraction of sp³-hybridized carbons (Fsp3) is 0.667. The highest BCUT2D eigenvalue weighted by Crippen LogP contribution is 2.28. The lowest BCUT2D eigenvalue weighted by Crippen LogP contribution is -2.40. The summed E-state index contributed by atoms with van der Waals surface area (Å²) in [5.74, 6) is 1.61. The summed E-state index contributed by atoms with van der Waals surface area (Å²) in [6.07, 6.45) is 4.59. The van der Waals surface area contributed by atoms with Crippen LogP contribution in [0.3, 0.4) is 0 Å². The smallest absolute Gasteiger partial charge is 0.412 e. The number of carbonyl (C=O) groups excluding carboxylic acids is 1. The van der Waals surface area contributed by atoms with E-state index in [-0.39, 0.29) is 0 Å². The molecule has 0 bridgehead atoms. The second-order valence-corrected chi connectivity index (χ2v) is 8.53. The van der Waals surface area contributed by atoms with Crippen LogP contribution in [0.2, 0.25) is 0 Å². The van der Waals surface area contributed by atoms with E-state index >= 15 is 0 Å². The van der Waals surface area contributed by atoms with Gasteiger partial charge in [0.2, 0.25) is 0 Å². The molecule has 4 heteroatoms. The van der Waals surface area contributed by atoms with Crippen LogP contribution in [-0.2, 0) is 11.2 Å². The van der Waals surface area contributed by atoms with Gasteiger partial charge in [-0.2, -0.15) is 0 Å². The molecule has 1 saturated carbocycles. The highest BCUT2D eigenvalue weighted by molar-refractivity contribution is 5.84. The van der Waals surface area contributed by atoms with E-state index in [0.29, 0.717) is 6.04 Å². The van der Waals surface area contributed by atoms with E-state index in [1.165, 1.54) is 24.8 Å². The third-order valence-electron chi connectivity index (χ3n) is 4.88. The number of rotatable bonds is 5. The average Bonchev–Trinajstić information content (AvgIpc) is 2.50. The zero-order chi connectivity index (χ0) is 18.4. The summed E-state index contributed by atoms with van der Waals surface area (Å²) in [6.45, 7) is 11.3. The van der Waals surface area contributed by atoms with E-state index < -0.39 is 11.7 Å². The van der Waals surface area contributed by atoms with Crippen LogP contribution in [0.5, 0.6) is 0 Å². The molecule has 2 N–H and O–H groups in total. The number of anilines is 1. The van der Waals surface area contributed by atoms with E-state index in [4.69, 9.17) is 4.74 Å². The fourth-order valence-electron chi connectivity index (χ4n) is 3.39. The minimum Gasteiger partial charge on any atom is -0.444 e. The van der Waals surface area contributed by atoms with Crippen LogP contribution >= 0.6 is 0 Å². The zero-order valence-corrected chi connectivity index (χ0v) is 16.4. The lowest BCUT2D eigenvalue weighted by Gasteiger charge is -2.33. The molecule has 1 aromatic carbocycles. The van der Waals surface area contributed by atoms with E-state index in [1.54, 1.807) is 0 Å². The molecule has 0 aliphatic heterocycles. The van der Waals surface area contributed by atoms with E-state index in [9.17, 15) is 4.79 Å². The van der Waals surface area contributed by atoms with Gasteiger partial charge in [-0.25, -0.2) is 4.79 Å². The highest BCUT2D eigenvalue weighted by atomic mass is 16.6. The van der Waals surface area contributed by atoms with Gasteiger partial charge < -0.3 is 10.1 Å². The zero-order valence-electron chi connectivity index (χ0n) is 16.4. The molecule has 1 amide bonds. The Labute approximate surface area is 152 Å². The first-order valence-electron chi connectivity index (χ1n) is 9.55. The lowest BCUT2D eigenvalue weighted by molar-refractivity contribution is 0.0636. The van der Waals surface area contributed by atoms with Gasteiger partial charge in [0.15, 0.2) is 0 Å². The van der Waals surface area contributed by atoms with Crippen LogP contribution in [0.15, 0.2) is 24.3 Å². The van der Waals surface area contributed by atoms with Crippen molar-refractivity contribution in [3.63, 3.8) is 0 Å². The van der Waals surface area contributed by atoms with Crippen molar-refractivity contribution in [1.29, 1.82) is 0 Å². The van der Waals surface area contributed by atoms with Gasteiger partial charge in [0, 0.05) is 11.7 Å². The number of hydrogen-bond acceptors (Lipinski definition) is 3. The maximum Gasteiger partial charge on any atom is 0.412 e. The summed E-state index contributed by atoms with van der Waals surface area (Å²) >= 11 is 0. The van der Waals surface area contributed by atoms with Gasteiger partial charge in [0.05, 0.1) is 0 Å². The summed E-state index contributed by atoms with van der Waals surface area (Å²) in [5.41, 5.74) is 1.56. The predicted octanol–water partition coefficient (Wildman–Crippen LogP) is 4.99. The Morgan fingerprint density at radius 1 is 1.16 bits per heavy atom. The van der Waals surface area contributed by atoms with Crippen molar-refractivity contribution in [2.45, 2.75) is 71.9 Å². The van der Waals surface area contributed by atoms with Gasteiger partial charge in [-0.1, -0.05) is 32.4 Å². The standard InChI is InChI=1S/C21H34N2O2/c1-15-6-7-16(2)19(14-15)22-13-12-17-8-10-18(11-9-17)23-20(24)25-21(3,4)5/h8-11,15-16,19,22H,6-7,12-14H2,1-5H3,(H,23,24). The first kappa shape index (κ1) is 19.8. The number of nitrogens with one attached hydrogen (secondary N) is 2. The molecule has 2 rings (SSSR count). The van der Waals surface area contributed by atoms with Crippen LogP contribution in [-0.4, -0.2) is 24.3 Å². The normalized spacial score (nSPS) is 24.0. The predicted molar refractivity (Wildman–Crippen MR) is 104 cm³/mol. The number of hydrogen-bond donors (Lipinski definition) is 2. The first-order chi connectivity index (χ1) is 11.7. The minimum absolute atomic E-state index is 0.415. The summed E-state index contributed by atoms with van der Waals surface area (Å²) in [5, 5.41) is 6.50. The third-order valence-corrected chi connectivity index (χ3v) is 4.88. The average molecular weight is 347 g/mol. The van der Waals surface area contributed by atoms with Crippen molar-refractivity contribution in [1.82, 2.24) is 5.32 Å². The molecule has 0 saturated heterocycles. The van der Waals surface area contributed by atoms with E-state index in [2.05, 4.69) is 36.6 Å². The highest BCUT2D eigenvalue weighted by Gasteiger charge is 2.24.